The summed E-state index contributed by atoms with van der Waals surface area (Å²) in [4.78, 5) is 5.60. The fraction of sp³-hybridized carbons (Fsp3) is 0.400. The number of pyridine rings is 1. The highest BCUT2D eigenvalue weighted by atomic mass is 79.9. The number of hydrogen-bond acceptors (Lipinski definition) is 3. The van der Waals surface area contributed by atoms with Gasteiger partial charge < -0.3 is 5.32 Å². The van der Waals surface area contributed by atoms with Gasteiger partial charge in [0.2, 0.25) is 0 Å². The Hall–Kier alpha value is -0.710. The minimum atomic E-state index is 0.528. The van der Waals surface area contributed by atoms with E-state index in [9.17, 15) is 0 Å². The molecular weight excluding hydrogens is 320 g/mol. The molecule has 0 amide bonds. The molecule has 4 heteroatoms. The minimum absolute atomic E-state index is 0.528. The Kier molecular flexibility index (Phi) is 6.01. The van der Waals surface area contributed by atoms with Gasteiger partial charge in [-0.25, -0.2) is 0 Å². The summed E-state index contributed by atoms with van der Waals surface area (Å²) in [5.41, 5.74) is 1.32. The molecule has 0 aliphatic heterocycles. The van der Waals surface area contributed by atoms with E-state index in [1.165, 1.54) is 14.9 Å². The van der Waals surface area contributed by atoms with Crippen LogP contribution in [-0.2, 0) is 12.8 Å². The molecule has 1 N–H and O–H groups in total. The summed E-state index contributed by atoms with van der Waals surface area (Å²) in [6, 6.07) is 6.81. The fourth-order valence-corrected chi connectivity index (χ4v) is 3.74. The predicted octanol–water partition coefficient (Wildman–Crippen LogP) is 4.06. The van der Waals surface area contributed by atoms with E-state index in [4.69, 9.17) is 0 Å². The van der Waals surface area contributed by atoms with Crippen LogP contribution in [-0.4, -0.2) is 17.6 Å². The highest BCUT2D eigenvalue weighted by Gasteiger charge is 2.11. The number of nitrogens with zero attached hydrogens (tertiary/aromatic N) is 1. The van der Waals surface area contributed by atoms with E-state index in [2.05, 4.69) is 50.7 Å². The first-order valence-corrected chi connectivity index (χ1v) is 8.31. The Morgan fingerprint density at radius 2 is 2.32 bits per heavy atom. The number of hydrogen-bond donors (Lipinski definition) is 1. The number of halogens is 1. The molecule has 19 heavy (non-hydrogen) atoms. The number of thiophene rings is 1. The summed E-state index contributed by atoms with van der Waals surface area (Å²) in [7, 11) is 0. The van der Waals surface area contributed by atoms with E-state index in [1.807, 2.05) is 29.8 Å². The summed E-state index contributed by atoms with van der Waals surface area (Å²) < 4.78 is 1.24. The van der Waals surface area contributed by atoms with Crippen LogP contribution < -0.4 is 5.32 Å². The Morgan fingerprint density at radius 1 is 1.42 bits per heavy atom. The average molecular weight is 339 g/mol. The zero-order valence-electron chi connectivity index (χ0n) is 11.1. The first kappa shape index (κ1) is 14.7. The molecule has 0 radical (unpaired) electrons. The zero-order valence-corrected chi connectivity index (χ0v) is 13.5. The van der Waals surface area contributed by atoms with Crippen molar-refractivity contribution in [3.63, 3.8) is 0 Å². The summed E-state index contributed by atoms with van der Waals surface area (Å²) in [6.45, 7) is 3.18. The molecule has 0 aliphatic rings. The number of aromatic nitrogens is 1. The van der Waals surface area contributed by atoms with Crippen LogP contribution in [0.25, 0.3) is 0 Å². The van der Waals surface area contributed by atoms with Crippen LogP contribution in [0, 0.1) is 0 Å². The van der Waals surface area contributed by atoms with Crippen molar-refractivity contribution in [1.29, 1.82) is 0 Å². The van der Waals surface area contributed by atoms with Crippen molar-refractivity contribution in [2.45, 2.75) is 32.2 Å². The third-order valence-electron chi connectivity index (χ3n) is 3.12. The largest absolute Gasteiger partial charge is 0.314 e. The van der Waals surface area contributed by atoms with E-state index in [0.29, 0.717) is 6.04 Å². The first-order chi connectivity index (χ1) is 9.29. The van der Waals surface area contributed by atoms with Crippen LogP contribution in [0.4, 0.5) is 0 Å². The number of likely N-dealkylation sites (N-methyl/N-ethyl adjacent to an activating group) is 1. The van der Waals surface area contributed by atoms with Gasteiger partial charge in [-0.3, -0.25) is 4.98 Å². The number of rotatable bonds is 7. The molecule has 0 saturated heterocycles. The van der Waals surface area contributed by atoms with Gasteiger partial charge in [-0.1, -0.05) is 13.0 Å². The fourth-order valence-electron chi connectivity index (χ4n) is 2.15. The van der Waals surface area contributed by atoms with Crippen LogP contribution in [0.2, 0.25) is 0 Å². The average Bonchev–Trinajstić information content (AvgIpc) is 2.83. The van der Waals surface area contributed by atoms with E-state index >= 15 is 0 Å². The monoisotopic (exact) mass is 338 g/mol. The lowest BCUT2D eigenvalue weighted by molar-refractivity contribution is 0.493. The van der Waals surface area contributed by atoms with Crippen molar-refractivity contribution in [3.05, 3.63) is 50.9 Å². The topological polar surface area (TPSA) is 24.9 Å². The maximum atomic E-state index is 4.17. The van der Waals surface area contributed by atoms with Crippen LogP contribution in [0.5, 0.6) is 0 Å². The highest BCUT2D eigenvalue weighted by molar-refractivity contribution is 9.10. The molecule has 2 heterocycles. The van der Waals surface area contributed by atoms with E-state index in [1.54, 1.807) is 0 Å². The molecule has 0 saturated carbocycles. The lowest BCUT2D eigenvalue weighted by Crippen LogP contribution is -2.31. The highest BCUT2D eigenvalue weighted by Crippen LogP contribution is 2.24. The predicted molar refractivity (Wildman–Crippen MR) is 85.7 cm³/mol. The lowest BCUT2D eigenvalue weighted by atomic mass is 10.0. The zero-order chi connectivity index (χ0) is 13.5. The smallest absolute Gasteiger partial charge is 0.0314 e. The molecule has 0 aromatic carbocycles. The maximum Gasteiger partial charge on any atom is 0.0314 e. The second-order valence-electron chi connectivity index (χ2n) is 4.55. The van der Waals surface area contributed by atoms with Crippen LogP contribution >= 0.6 is 27.3 Å². The Labute approximate surface area is 127 Å². The summed E-state index contributed by atoms with van der Waals surface area (Å²) in [6.07, 6.45) is 7.10. The molecule has 2 nitrogen and oxygen atoms in total. The van der Waals surface area contributed by atoms with Gasteiger partial charge in [0.05, 0.1) is 0 Å². The third-order valence-corrected chi connectivity index (χ3v) is 5.07. The van der Waals surface area contributed by atoms with Crippen molar-refractivity contribution in [3.8, 4) is 0 Å². The SMILES string of the molecule is CCNC(CCc1cccnc1)Cc1sccc1Br. The van der Waals surface area contributed by atoms with Gasteiger partial charge in [-0.15, -0.1) is 11.3 Å². The van der Waals surface area contributed by atoms with E-state index < -0.39 is 0 Å². The van der Waals surface area contributed by atoms with Crippen molar-refractivity contribution in [1.82, 2.24) is 10.3 Å². The van der Waals surface area contributed by atoms with Crippen molar-refractivity contribution in [2.75, 3.05) is 6.54 Å². The number of nitrogens with one attached hydrogen (secondary N) is 1. The van der Waals surface area contributed by atoms with Gasteiger partial charge in [0.15, 0.2) is 0 Å². The molecule has 2 aromatic heterocycles. The van der Waals surface area contributed by atoms with Crippen LogP contribution in [0.1, 0.15) is 23.8 Å². The van der Waals surface area contributed by atoms with Crippen molar-refractivity contribution in [2.24, 2.45) is 0 Å². The van der Waals surface area contributed by atoms with Gasteiger partial charge in [0.1, 0.15) is 0 Å². The third kappa shape index (κ3) is 4.71. The Bertz CT molecular complexity index is 484. The number of aryl methyl sites for hydroxylation is 1. The molecule has 2 aromatic rings. The summed E-state index contributed by atoms with van der Waals surface area (Å²) in [5.74, 6) is 0. The second kappa shape index (κ2) is 7.78. The lowest BCUT2D eigenvalue weighted by Gasteiger charge is -2.17. The van der Waals surface area contributed by atoms with Crippen LogP contribution in [0.3, 0.4) is 0 Å². The normalized spacial score (nSPS) is 12.5. The first-order valence-electron chi connectivity index (χ1n) is 6.63. The minimum Gasteiger partial charge on any atom is -0.314 e. The second-order valence-corrected chi connectivity index (χ2v) is 6.41. The molecular formula is C15H19BrN2S. The maximum absolute atomic E-state index is 4.17. The van der Waals surface area contributed by atoms with Gasteiger partial charge in [0, 0.05) is 27.8 Å². The van der Waals surface area contributed by atoms with Gasteiger partial charge in [0.25, 0.3) is 0 Å². The van der Waals surface area contributed by atoms with Gasteiger partial charge >= 0.3 is 0 Å². The van der Waals surface area contributed by atoms with Crippen molar-refractivity contribution < 1.29 is 0 Å². The Balaban J connectivity index is 1.91. The molecule has 102 valence electrons. The van der Waals surface area contributed by atoms with Gasteiger partial charge in [-0.2, -0.15) is 0 Å². The Morgan fingerprint density at radius 3 is 2.95 bits per heavy atom. The molecule has 0 bridgehead atoms. The standard InChI is InChI=1S/C15H19BrN2S/c1-2-18-13(10-15-14(16)7-9-19-15)6-5-12-4-3-8-17-11-12/h3-4,7-9,11,13,18H,2,5-6,10H2,1H3. The molecule has 0 spiro atoms. The summed E-state index contributed by atoms with van der Waals surface area (Å²) >= 11 is 5.44. The van der Waals surface area contributed by atoms with E-state index in [-0.39, 0.29) is 0 Å². The quantitative estimate of drug-likeness (QED) is 0.823. The van der Waals surface area contributed by atoms with E-state index in [0.717, 1.165) is 25.8 Å². The molecule has 1 atom stereocenters. The molecule has 1 unspecified atom stereocenters. The molecule has 0 fully saturated rings. The molecule has 0 aliphatic carbocycles. The summed E-state index contributed by atoms with van der Waals surface area (Å²) in [5, 5.41) is 5.73. The molecule has 2 rings (SSSR count). The van der Waals surface area contributed by atoms with Crippen LogP contribution in [0.15, 0.2) is 40.4 Å². The van der Waals surface area contributed by atoms with Crippen molar-refractivity contribution >= 4 is 27.3 Å². The van der Waals surface area contributed by atoms with Gasteiger partial charge in [-0.05, 0) is 64.8 Å².